The molecule has 0 fully saturated rings. The van der Waals surface area contributed by atoms with E-state index in [-0.39, 0.29) is 55.0 Å². The van der Waals surface area contributed by atoms with Gasteiger partial charge in [0.1, 0.15) is 5.82 Å². The number of nitrogens with zero attached hydrogens (tertiary/aromatic N) is 5. The number of hydrogen-bond acceptors (Lipinski definition) is 5. The summed E-state index contributed by atoms with van der Waals surface area (Å²) in [5.74, 6) is 1.37. The Balaban J connectivity index is 0.00000784. The summed E-state index contributed by atoms with van der Waals surface area (Å²) < 4.78 is 74.5. The maximum absolute atomic E-state index is 9.35. The van der Waals surface area contributed by atoms with Crippen LogP contribution in [0.3, 0.4) is 0 Å². The summed E-state index contributed by atoms with van der Waals surface area (Å²) in [6.45, 7) is 35.4. The second-order valence-corrected chi connectivity index (χ2v) is 25.7. The normalized spacial score (nSPS) is 14.5. The SMILES string of the molecule is [2H]c1c([2H])c([2H])c(-c2cccc(-c3cc(C(C)(C)C)cc(C(C)(C)C)c3)c2N2[CH-]N(c3[c-]c(Oc4[c-]c5c(cc4)c4c6sc7c([N+]#[C-])cccc7c6ccc4n5-c4cc(C([2H])([2H])C(C)(C)C)ccn4)cc(C(C)(C)C)c3)c3ccccc32)c([2H])c1[2H].[Pt]. The van der Waals surface area contributed by atoms with Crippen LogP contribution in [0.2, 0.25) is 0 Å². The maximum Gasteiger partial charge on any atom is 0.204 e. The number of rotatable bonds is 8. The van der Waals surface area contributed by atoms with Gasteiger partial charge in [0.2, 0.25) is 5.69 Å². The van der Waals surface area contributed by atoms with Crippen LogP contribution in [0.1, 0.15) is 115 Å². The predicted molar refractivity (Wildman–Crippen MR) is 334 cm³/mol. The molecule has 0 spiro atoms. The van der Waals surface area contributed by atoms with Crippen molar-refractivity contribution in [1.82, 2.24) is 9.55 Å². The fraction of sp³-hybridized carbons (Fsp3) is 0.236. The van der Waals surface area contributed by atoms with Crippen LogP contribution < -0.4 is 14.5 Å². The van der Waals surface area contributed by atoms with E-state index >= 15 is 0 Å². The zero-order valence-electron chi connectivity index (χ0n) is 54.1. The van der Waals surface area contributed by atoms with Crippen molar-refractivity contribution < 1.29 is 35.4 Å². The third kappa shape index (κ3) is 10.0. The molecule has 8 aromatic carbocycles. The van der Waals surface area contributed by atoms with E-state index in [1.54, 1.807) is 23.6 Å². The van der Waals surface area contributed by atoms with Crippen LogP contribution in [-0.4, -0.2) is 9.55 Å². The molecule has 0 bridgehead atoms. The number of benzene rings is 8. The first-order valence-corrected chi connectivity index (χ1v) is 27.6. The fourth-order valence-corrected chi connectivity index (χ4v) is 12.0. The molecule has 1 aliphatic heterocycles. The summed E-state index contributed by atoms with van der Waals surface area (Å²) in [5, 5.41) is 3.90. The van der Waals surface area contributed by atoms with Crippen molar-refractivity contribution >= 4 is 81.8 Å². The Labute approximate surface area is 500 Å². The molecule has 0 N–H and O–H groups in total. The van der Waals surface area contributed by atoms with Gasteiger partial charge in [-0.3, -0.25) is 0 Å². The first kappa shape index (κ1) is 46.3. The Morgan fingerprint density at radius 3 is 1.95 bits per heavy atom. The van der Waals surface area contributed by atoms with Crippen LogP contribution >= 0.6 is 11.3 Å². The van der Waals surface area contributed by atoms with Gasteiger partial charge in [-0.1, -0.05) is 192 Å². The number of thiophene rings is 1. The zero-order valence-corrected chi connectivity index (χ0v) is 50.2. The molecule has 4 heterocycles. The van der Waals surface area contributed by atoms with Gasteiger partial charge in [0.25, 0.3) is 0 Å². The molecule has 8 heteroatoms. The van der Waals surface area contributed by atoms with Crippen LogP contribution in [0, 0.1) is 30.8 Å². The van der Waals surface area contributed by atoms with Gasteiger partial charge in [0, 0.05) is 84.6 Å². The van der Waals surface area contributed by atoms with E-state index in [0.29, 0.717) is 51.0 Å². The van der Waals surface area contributed by atoms with E-state index < -0.39 is 29.9 Å². The predicted octanol–water partition coefficient (Wildman–Crippen LogP) is 20.7. The molecular weight excluding hydrogens is 1180 g/mol. The molecule has 0 saturated carbocycles. The summed E-state index contributed by atoms with van der Waals surface area (Å²) in [6, 6.07) is 47.7. The van der Waals surface area contributed by atoms with Gasteiger partial charge >= 0.3 is 0 Å². The van der Waals surface area contributed by atoms with Gasteiger partial charge in [0.15, 0.2) is 0 Å². The van der Waals surface area contributed by atoms with Gasteiger partial charge in [-0.2, -0.15) is 6.07 Å². The molecule has 11 aromatic rings. The quantitative estimate of drug-likeness (QED) is 0.142. The molecule has 404 valence electrons. The van der Waals surface area contributed by atoms with Gasteiger partial charge < -0.3 is 19.1 Å². The fourth-order valence-electron chi connectivity index (χ4n) is 10.7. The van der Waals surface area contributed by atoms with Crippen LogP contribution in [0.25, 0.3) is 74.9 Å². The van der Waals surface area contributed by atoms with E-state index in [0.717, 1.165) is 75.7 Å². The van der Waals surface area contributed by atoms with Crippen molar-refractivity contribution in [3.63, 3.8) is 0 Å². The first-order valence-electron chi connectivity index (χ1n) is 30.3. The molecule has 3 aromatic heterocycles. The molecule has 6 nitrogen and oxygen atoms in total. The molecule has 0 aliphatic carbocycles. The number of fused-ring (bicyclic) bond motifs is 8. The molecule has 0 radical (unpaired) electrons. The third-order valence-corrected chi connectivity index (χ3v) is 16.0. The van der Waals surface area contributed by atoms with Crippen LogP contribution in [-0.2, 0) is 43.7 Å². The van der Waals surface area contributed by atoms with Crippen molar-refractivity contribution in [2.75, 3.05) is 9.80 Å². The molecule has 0 saturated heterocycles. The molecule has 0 unspecified atom stereocenters. The van der Waals surface area contributed by atoms with Gasteiger partial charge in [0.05, 0.1) is 13.4 Å². The average Bonchev–Trinajstić information content (AvgIpc) is 1.62. The van der Waals surface area contributed by atoms with Crippen LogP contribution in [0.5, 0.6) is 11.5 Å². The summed E-state index contributed by atoms with van der Waals surface area (Å²) in [6.07, 6.45) is -0.0334. The van der Waals surface area contributed by atoms with Gasteiger partial charge in [-0.15, -0.1) is 65.0 Å². The van der Waals surface area contributed by atoms with E-state index in [2.05, 4.69) is 138 Å². The van der Waals surface area contributed by atoms with Crippen molar-refractivity contribution in [3.05, 3.63) is 216 Å². The maximum atomic E-state index is 9.35. The standard InChI is InChI=1S/C72H66N5OS.Pt/c1-69(2,3)43-45-33-34-74-64(35-45)77-62-32-31-57-56-25-20-26-59(73-13)67(56)79-68(57)65(62)58-30-29-52(42-63(58)77)78-53-40-50(72(10,11)12)39-51(41-53)75-44-76(61-28-18-17-27-60(61)75)66-54(46-21-15-14-16-22-46)23-19-24-55(66)47-36-48(70(4,5)6)38-49(37-47)71(7,8)9;/h14-40,44H,43H2,1-12H3;/q-3;/i14D,15D,16D,21D,22D,43D2;. The minimum Gasteiger partial charge on any atom is -0.509 e. The number of anilines is 4. The molecule has 1 aliphatic rings. The van der Waals surface area contributed by atoms with Crippen LogP contribution in [0.4, 0.5) is 28.4 Å². The molecule has 80 heavy (non-hydrogen) atoms. The first-order chi connectivity index (χ1) is 40.5. The van der Waals surface area contributed by atoms with Crippen molar-refractivity contribution in [2.45, 2.75) is 106 Å². The van der Waals surface area contributed by atoms with E-state index in [1.807, 2.05) is 105 Å². The van der Waals surface area contributed by atoms with Crippen molar-refractivity contribution in [3.8, 4) is 39.6 Å². The third-order valence-electron chi connectivity index (χ3n) is 14.7. The minimum absolute atomic E-state index is 0. The zero-order chi connectivity index (χ0) is 61.5. The molecule has 0 atom stereocenters. The largest absolute Gasteiger partial charge is 0.509 e. The second-order valence-electron chi connectivity index (χ2n) is 24.7. The number of ether oxygens (including phenoxy) is 1. The Morgan fingerprint density at radius 1 is 0.637 bits per heavy atom. The summed E-state index contributed by atoms with van der Waals surface area (Å²) in [4.78, 5) is 12.9. The van der Waals surface area contributed by atoms with Gasteiger partial charge in [-0.05, 0) is 102 Å². The minimum atomic E-state index is -1.70. The van der Waals surface area contributed by atoms with E-state index in [1.165, 1.54) is 0 Å². The van der Waals surface area contributed by atoms with Crippen molar-refractivity contribution in [2.24, 2.45) is 5.41 Å². The number of hydrogen-bond donors (Lipinski definition) is 0. The second kappa shape index (κ2) is 20.2. The summed E-state index contributed by atoms with van der Waals surface area (Å²) >= 11 is 1.59. The number of aromatic nitrogens is 2. The van der Waals surface area contributed by atoms with Crippen LogP contribution in [0.15, 0.2) is 164 Å². The average molecular weight is 1250 g/mol. The Bertz CT molecular complexity index is 4610. The van der Waals surface area contributed by atoms with Crippen molar-refractivity contribution in [1.29, 1.82) is 0 Å². The molecule has 12 rings (SSSR count). The van der Waals surface area contributed by atoms with Gasteiger partial charge in [-0.25, -0.2) is 9.83 Å². The smallest absolute Gasteiger partial charge is 0.204 e. The molecule has 0 amide bonds. The monoisotopic (exact) mass is 1250 g/mol. The topological polar surface area (TPSA) is 37.9 Å². The number of para-hydroxylation sites is 3. The van der Waals surface area contributed by atoms with E-state index in [4.69, 9.17) is 20.4 Å². The Kier molecular flexibility index (Phi) is 11.7. The number of pyridine rings is 1. The Hall–Kier alpha value is -7.49. The van der Waals surface area contributed by atoms with E-state index in [9.17, 15) is 5.48 Å². The summed E-state index contributed by atoms with van der Waals surface area (Å²) in [5.41, 5.74) is 9.59. The summed E-state index contributed by atoms with van der Waals surface area (Å²) in [7, 11) is 0. The molecular formula is C72H66N5OPtS-3. The Morgan fingerprint density at radius 2 is 1.27 bits per heavy atom.